The van der Waals surface area contributed by atoms with Crippen molar-refractivity contribution in [3.8, 4) is 62.2 Å². The quantitative estimate of drug-likeness (QED) is 0.169. The van der Waals surface area contributed by atoms with Crippen LogP contribution in [0.15, 0.2) is 218 Å². The van der Waals surface area contributed by atoms with Crippen LogP contribution >= 0.6 is 0 Å². The molecule has 5 nitrogen and oxygen atoms in total. The second-order valence-corrected chi connectivity index (χ2v) is 15.4. The van der Waals surface area contributed by atoms with E-state index >= 15 is 0 Å². The highest BCUT2D eigenvalue weighted by Gasteiger charge is 2.27. The van der Waals surface area contributed by atoms with E-state index in [9.17, 15) is 0 Å². The van der Waals surface area contributed by atoms with Crippen LogP contribution in [0.4, 0.5) is 17.1 Å². The van der Waals surface area contributed by atoms with Crippen LogP contribution < -0.4 is 9.64 Å². The van der Waals surface area contributed by atoms with Gasteiger partial charge in [-0.3, -0.25) is 4.57 Å². The molecule has 12 rings (SSSR count). The van der Waals surface area contributed by atoms with E-state index in [0.29, 0.717) is 5.82 Å². The van der Waals surface area contributed by atoms with Gasteiger partial charge in [0.1, 0.15) is 5.82 Å². The number of rotatable bonds is 6. The normalized spacial score (nSPS) is 12.0. The number of para-hydroxylation sites is 4. The number of ether oxygens (including phenoxy) is 1. The molecule has 1 aliphatic heterocycles. The van der Waals surface area contributed by atoms with Gasteiger partial charge in [0.05, 0.1) is 28.1 Å². The molecule has 3 heterocycles. The predicted octanol–water partition coefficient (Wildman–Crippen LogP) is 15.0. The molecule has 286 valence electrons. The lowest BCUT2D eigenvalue weighted by molar-refractivity contribution is 0.477. The minimum atomic E-state index is 0.658. The first kappa shape index (κ1) is 34.7. The summed E-state index contributed by atoms with van der Waals surface area (Å²) in [6.07, 6.45) is 0. The smallest absolute Gasteiger partial charge is 0.162 e. The zero-order chi connectivity index (χ0) is 40.3. The van der Waals surface area contributed by atoms with Crippen LogP contribution in [0.1, 0.15) is 0 Å². The molecule has 61 heavy (non-hydrogen) atoms. The maximum Gasteiger partial charge on any atom is 0.162 e. The Balaban J connectivity index is 1.10. The fraction of sp³-hybridized carbons (Fsp3) is 0. The molecule has 5 heteroatoms. The van der Waals surface area contributed by atoms with E-state index in [1.807, 2.05) is 30.3 Å². The standard InChI is InChI=1S/C56H36N4O/c1-4-15-37(16-5-1)38-27-29-41(30-28-38)56-57-47(40-18-6-2-7-19-40)36-53(58-56)60-50-34-31-39-17-10-11-22-44(39)54(50)46-24-14-23-45(55(46)60)42-32-33-49-52(35-42)61-51-26-13-12-25-48(51)59(49)43-20-8-3-9-21-43/h1-36H. The Bertz CT molecular complexity index is 3430. The van der Waals surface area contributed by atoms with E-state index in [1.165, 1.54) is 21.7 Å². The Morgan fingerprint density at radius 2 is 1.05 bits per heavy atom. The maximum atomic E-state index is 6.73. The SMILES string of the molecule is c1ccc(-c2ccc(-c3nc(-c4ccccc4)cc(-n4c5ccc6ccccc6c5c5cccc(-c6ccc7c(c6)Oc6ccccc6N7c6ccccc6)c54)n3)cc2)cc1. The minimum absolute atomic E-state index is 0.658. The number of hydrogen-bond donors (Lipinski definition) is 0. The third-order valence-electron chi connectivity index (χ3n) is 11.8. The Morgan fingerprint density at radius 3 is 1.87 bits per heavy atom. The number of hydrogen-bond acceptors (Lipinski definition) is 4. The van der Waals surface area contributed by atoms with Crippen LogP contribution in [0.25, 0.3) is 83.3 Å². The summed E-state index contributed by atoms with van der Waals surface area (Å²) in [5.74, 6) is 3.05. The molecule has 0 saturated heterocycles. The predicted molar refractivity (Wildman–Crippen MR) is 250 cm³/mol. The molecule has 0 bridgehead atoms. The number of aromatic nitrogens is 3. The summed E-state index contributed by atoms with van der Waals surface area (Å²) < 4.78 is 9.07. The number of anilines is 3. The van der Waals surface area contributed by atoms with E-state index in [0.717, 1.165) is 84.3 Å². The first-order valence-corrected chi connectivity index (χ1v) is 20.6. The lowest BCUT2D eigenvalue weighted by Crippen LogP contribution is -2.15. The van der Waals surface area contributed by atoms with Crippen molar-refractivity contribution in [3.63, 3.8) is 0 Å². The molecule has 0 saturated carbocycles. The minimum Gasteiger partial charge on any atom is -0.453 e. The molecule has 0 radical (unpaired) electrons. The third kappa shape index (κ3) is 5.86. The van der Waals surface area contributed by atoms with Gasteiger partial charge in [-0.2, -0.15) is 0 Å². The van der Waals surface area contributed by atoms with Crippen LogP contribution in [-0.4, -0.2) is 14.5 Å². The molecular formula is C56H36N4O. The summed E-state index contributed by atoms with van der Waals surface area (Å²) >= 11 is 0. The molecule has 2 aromatic heterocycles. The monoisotopic (exact) mass is 780 g/mol. The molecule has 0 fully saturated rings. The van der Waals surface area contributed by atoms with Crippen molar-refractivity contribution in [1.29, 1.82) is 0 Å². The van der Waals surface area contributed by atoms with Crippen molar-refractivity contribution >= 4 is 49.6 Å². The van der Waals surface area contributed by atoms with Gasteiger partial charge in [0, 0.05) is 39.2 Å². The second-order valence-electron chi connectivity index (χ2n) is 15.4. The van der Waals surface area contributed by atoms with Gasteiger partial charge in [-0.25, -0.2) is 9.97 Å². The summed E-state index contributed by atoms with van der Waals surface area (Å²) in [7, 11) is 0. The average molecular weight is 781 g/mol. The van der Waals surface area contributed by atoms with Crippen molar-refractivity contribution in [1.82, 2.24) is 14.5 Å². The second kappa shape index (κ2) is 14.2. The van der Waals surface area contributed by atoms with Crippen molar-refractivity contribution in [2.45, 2.75) is 0 Å². The van der Waals surface area contributed by atoms with Crippen molar-refractivity contribution in [2.75, 3.05) is 4.90 Å². The highest BCUT2D eigenvalue weighted by Crippen LogP contribution is 2.52. The molecule has 0 amide bonds. The first-order chi connectivity index (χ1) is 30.2. The Labute approximate surface area is 353 Å². The lowest BCUT2D eigenvalue weighted by Gasteiger charge is -2.33. The number of nitrogens with zero attached hydrogens (tertiary/aromatic N) is 4. The van der Waals surface area contributed by atoms with Crippen LogP contribution in [0.5, 0.6) is 11.5 Å². The Morgan fingerprint density at radius 1 is 0.410 bits per heavy atom. The van der Waals surface area contributed by atoms with Crippen LogP contribution in [0.2, 0.25) is 0 Å². The van der Waals surface area contributed by atoms with Gasteiger partial charge in [-0.05, 0) is 69.9 Å². The maximum absolute atomic E-state index is 6.73. The molecule has 0 atom stereocenters. The third-order valence-corrected chi connectivity index (χ3v) is 11.8. The summed E-state index contributed by atoms with van der Waals surface area (Å²) in [6.45, 7) is 0. The molecule has 0 N–H and O–H groups in total. The van der Waals surface area contributed by atoms with Crippen LogP contribution in [0.3, 0.4) is 0 Å². The van der Waals surface area contributed by atoms with E-state index in [-0.39, 0.29) is 0 Å². The molecule has 9 aromatic carbocycles. The summed E-state index contributed by atoms with van der Waals surface area (Å²) in [6, 6.07) is 76.6. The summed E-state index contributed by atoms with van der Waals surface area (Å²) in [5, 5.41) is 4.71. The highest BCUT2D eigenvalue weighted by atomic mass is 16.5. The van der Waals surface area contributed by atoms with E-state index in [1.54, 1.807) is 0 Å². The molecule has 1 aliphatic rings. The molecule has 0 aliphatic carbocycles. The molecule has 0 spiro atoms. The topological polar surface area (TPSA) is 43.2 Å². The number of fused-ring (bicyclic) bond motifs is 7. The zero-order valence-electron chi connectivity index (χ0n) is 33.0. The van der Waals surface area contributed by atoms with E-state index in [2.05, 4.69) is 198 Å². The molecule has 0 unspecified atom stereocenters. The van der Waals surface area contributed by atoms with Crippen LogP contribution in [-0.2, 0) is 0 Å². The zero-order valence-corrected chi connectivity index (χ0v) is 33.0. The van der Waals surface area contributed by atoms with Crippen LogP contribution in [0, 0.1) is 0 Å². The van der Waals surface area contributed by atoms with E-state index in [4.69, 9.17) is 14.7 Å². The fourth-order valence-electron chi connectivity index (χ4n) is 8.96. The number of benzene rings is 9. The Kier molecular flexibility index (Phi) is 8.10. The van der Waals surface area contributed by atoms with Gasteiger partial charge in [0.15, 0.2) is 17.3 Å². The fourth-order valence-corrected chi connectivity index (χ4v) is 8.96. The van der Waals surface area contributed by atoms with Gasteiger partial charge in [-0.1, -0.05) is 170 Å². The van der Waals surface area contributed by atoms with E-state index < -0.39 is 0 Å². The summed E-state index contributed by atoms with van der Waals surface area (Å²) in [5.41, 5.74) is 12.4. The summed E-state index contributed by atoms with van der Waals surface area (Å²) in [4.78, 5) is 13.0. The molecule has 11 aromatic rings. The first-order valence-electron chi connectivity index (χ1n) is 20.6. The molecular weight excluding hydrogens is 745 g/mol. The van der Waals surface area contributed by atoms with Gasteiger partial charge >= 0.3 is 0 Å². The van der Waals surface area contributed by atoms with Gasteiger partial charge in [0.25, 0.3) is 0 Å². The lowest BCUT2D eigenvalue weighted by atomic mass is 9.99. The van der Waals surface area contributed by atoms with Gasteiger partial charge < -0.3 is 9.64 Å². The van der Waals surface area contributed by atoms with Crippen molar-refractivity contribution in [2.24, 2.45) is 0 Å². The van der Waals surface area contributed by atoms with Crippen molar-refractivity contribution in [3.05, 3.63) is 218 Å². The average Bonchev–Trinajstić information content (AvgIpc) is 3.69. The van der Waals surface area contributed by atoms with Gasteiger partial charge in [-0.15, -0.1) is 0 Å². The van der Waals surface area contributed by atoms with Gasteiger partial charge in [0.2, 0.25) is 0 Å². The highest BCUT2D eigenvalue weighted by molar-refractivity contribution is 6.23. The van der Waals surface area contributed by atoms with Crippen molar-refractivity contribution < 1.29 is 4.74 Å². The largest absolute Gasteiger partial charge is 0.453 e. The Hall–Kier alpha value is -8.28.